The average molecular weight is 301 g/mol. The van der Waals surface area contributed by atoms with Crippen LogP contribution < -0.4 is 10.6 Å². The molecule has 0 saturated heterocycles. The lowest BCUT2D eigenvalue weighted by Gasteiger charge is -2.10. The van der Waals surface area contributed by atoms with Gasteiger partial charge in [-0.25, -0.2) is 0 Å². The number of benzene rings is 1. The zero-order valence-corrected chi connectivity index (χ0v) is 11.7. The molecule has 21 heavy (non-hydrogen) atoms. The van der Waals surface area contributed by atoms with Crippen LogP contribution in [-0.2, 0) is 17.9 Å². The number of alkyl halides is 3. The minimum Gasteiger partial charge on any atom is -0.367 e. The zero-order valence-electron chi connectivity index (χ0n) is 11.7. The molecule has 1 aliphatic heterocycles. The maximum atomic E-state index is 11.9. The van der Waals surface area contributed by atoms with Gasteiger partial charge in [-0.2, -0.15) is 13.2 Å². The number of hydrogen-bond donors (Lipinski definition) is 2. The lowest BCUT2D eigenvalue weighted by Crippen LogP contribution is -2.37. The van der Waals surface area contributed by atoms with E-state index in [1.807, 2.05) is 19.1 Å². The van der Waals surface area contributed by atoms with Crippen molar-refractivity contribution in [2.24, 2.45) is 4.99 Å². The van der Waals surface area contributed by atoms with E-state index in [0.717, 1.165) is 18.1 Å². The number of hydrogen-bond acceptors (Lipinski definition) is 4. The Balaban J connectivity index is 1.74. The van der Waals surface area contributed by atoms with E-state index in [-0.39, 0.29) is 6.61 Å². The predicted molar refractivity (Wildman–Crippen MR) is 73.9 cm³/mol. The van der Waals surface area contributed by atoms with Crippen molar-refractivity contribution >= 4 is 5.96 Å². The maximum absolute atomic E-state index is 11.9. The SMILES string of the molecule is CC1CN=C(NCc2ccc(COCC(F)(F)F)cc2)N1. The lowest BCUT2D eigenvalue weighted by atomic mass is 10.1. The first-order chi connectivity index (χ1) is 9.92. The smallest absolute Gasteiger partial charge is 0.367 e. The van der Waals surface area contributed by atoms with Crippen molar-refractivity contribution in [3.63, 3.8) is 0 Å². The summed E-state index contributed by atoms with van der Waals surface area (Å²) in [6.45, 7) is 2.16. The number of rotatable bonds is 5. The Labute approximate surface area is 121 Å². The summed E-state index contributed by atoms with van der Waals surface area (Å²) in [6, 6.07) is 7.59. The lowest BCUT2D eigenvalue weighted by molar-refractivity contribution is -0.176. The maximum Gasteiger partial charge on any atom is 0.411 e. The molecule has 2 N–H and O–H groups in total. The Kier molecular flexibility index (Phi) is 5.06. The monoisotopic (exact) mass is 301 g/mol. The fourth-order valence-electron chi connectivity index (χ4n) is 1.88. The summed E-state index contributed by atoms with van der Waals surface area (Å²) in [5.41, 5.74) is 1.74. The van der Waals surface area contributed by atoms with Crippen LogP contribution in [0.4, 0.5) is 13.2 Å². The van der Waals surface area contributed by atoms with Crippen LogP contribution in [-0.4, -0.2) is 31.3 Å². The molecule has 0 amide bonds. The van der Waals surface area contributed by atoms with Crippen LogP contribution in [0.5, 0.6) is 0 Å². The average Bonchev–Trinajstić information content (AvgIpc) is 2.82. The molecule has 1 aromatic carbocycles. The first kappa shape index (κ1) is 15.6. The number of ether oxygens (including phenoxy) is 1. The van der Waals surface area contributed by atoms with Crippen LogP contribution in [0, 0.1) is 0 Å². The molecule has 4 nitrogen and oxygen atoms in total. The van der Waals surface area contributed by atoms with Crippen LogP contribution in [0.25, 0.3) is 0 Å². The topological polar surface area (TPSA) is 45.7 Å². The molecule has 7 heteroatoms. The number of nitrogens with one attached hydrogen (secondary N) is 2. The number of halogens is 3. The Bertz CT molecular complexity index is 485. The van der Waals surface area contributed by atoms with Gasteiger partial charge in [-0.3, -0.25) is 4.99 Å². The minimum atomic E-state index is -4.28. The van der Waals surface area contributed by atoms with E-state index in [1.165, 1.54) is 0 Å². The van der Waals surface area contributed by atoms with Crippen molar-refractivity contribution in [2.45, 2.75) is 32.3 Å². The molecule has 1 unspecified atom stereocenters. The van der Waals surface area contributed by atoms with Crippen molar-refractivity contribution < 1.29 is 17.9 Å². The van der Waals surface area contributed by atoms with E-state index in [0.29, 0.717) is 18.2 Å². The van der Waals surface area contributed by atoms with Gasteiger partial charge in [-0.1, -0.05) is 24.3 Å². The largest absolute Gasteiger partial charge is 0.411 e. The Morgan fingerprint density at radius 2 is 1.95 bits per heavy atom. The fourth-order valence-corrected chi connectivity index (χ4v) is 1.88. The molecule has 1 heterocycles. The third-order valence-electron chi connectivity index (χ3n) is 2.92. The fraction of sp³-hybridized carbons (Fsp3) is 0.500. The Hall–Kier alpha value is -1.76. The van der Waals surface area contributed by atoms with Gasteiger partial charge in [0.05, 0.1) is 13.2 Å². The van der Waals surface area contributed by atoms with Gasteiger partial charge in [-0.15, -0.1) is 0 Å². The summed E-state index contributed by atoms with van der Waals surface area (Å²) >= 11 is 0. The second-order valence-electron chi connectivity index (χ2n) is 5.01. The molecule has 0 bridgehead atoms. The molecule has 0 saturated carbocycles. The first-order valence-electron chi connectivity index (χ1n) is 6.69. The molecule has 0 aromatic heterocycles. The van der Waals surface area contributed by atoms with Gasteiger partial charge >= 0.3 is 6.18 Å². The van der Waals surface area contributed by atoms with E-state index in [2.05, 4.69) is 20.4 Å². The molecule has 116 valence electrons. The van der Waals surface area contributed by atoms with Gasteiger partial charge in [0.15, 0.2) is 5.96 Å². The summed E-state index contributed by atoms with van der Waals surface area (Å²) in [5.74, 6) is 0.778. The van der Waals surface area contributed by atoms with Crippen molar-refractivity contribution in [1.82, 2.24) is 10.6 Å². The molecule has 0 radical (unpaired) electrons. The van der Waals surface area contributed by atoms with Crippen LogP contribution in [0.15, 0.2) is 29.3 Å². The molecule has 1 aliphatic rings. The van der Waals surface area contributed by atoms with Gasteiger partial charge in [0.25, 0.3) is 0 Å². The quantitative estimate of drug-likeness (QED) is 0.876. The third kappa shape index (κ3) is 5.63. The van der Waals surface area contributed by atoms with Gasteiger partial charge in [0.1, 0.15) is 6.61 Å². The van der Waals surface area contributed by atoms with Gasteiger partial charge in [-0.05, 0) is 18.1 Å². The molecular weight excluding hydrogens is 283 g/mol. The minimum absolute atomic E-state index is 0.0427. The van der Waals surface area contributed by atoms with Gasteiger partial charge < -0.3 is 15.4 Å². The Morgan fingerprint density at radius 3 is 2.52 bits per heavy atom. The summed E-state index contributed by atoms with van der Waals surface area (Å²) in [5, 5.41) is 6.36. The van der Waals surface area contributed by atoms with Crippen LogP contribution in [0.3, 0.4) is 0 Å². The Morgan fingerprint density at radius 1 is 1.29 bits per heavy atom. The van der Waals surface area contributed by atoms with Crippen LogP contribution >= 0.6 is 0 Å². The molecular formula is C14H18F3N3O. The van der Waals surface area contributed by atoms with E-state index in [4.69, 9.17) is 0 Å². The van der Waals surface area contributed by atoms with Crippen molar-refractivity contribution in [3.8, 4) is 0 Å². The number of guanidine groups is 1. The van der Waals surface area contributed by atoms with E-state index in [1.54, 1.807) is 12.1 Å². The van der Waals surface area contributed by atoms with Crippen molar-refractivity contribution in [3.05, 3.63) is 35.4 Å². The van der Waals surface area contributed by atoms with Crippen LogP contribution in [0.2, 0.25) is 0 Å². The molecule has 1 atom stereocenters. The normalized spacial score (nSPS) is 18.3. The van der Waals surface area contributed by atoms with Crippen molar-refractivity contribution in [2.75, 3.05) is 13.2 Å². The van der Waals surface area contributed by atoms with E-state index in [9.17, 15) is 13.2 Å². The summed E-state index contributed by atoms with van der Waals surface area (Å²) < 4.78 is 40.5. The second-order valence-corrected chi connectivity index (χ2v) is 5.01. The molecule has 2 rings (SSSR count). The van der Waals surface area contributed by atoms with E-state index < -0.39 is 12.8 Å². The highest BCUT2D eigenvalue weighted by atomic mass is 19.4. The second kappa shape index (κ2) is 6.80. The van der Waals surface area contributed by atoms with Crippen molar-refractivity contribution in [1.29, 1.82) is 0 Å². The standard InChI is InChI=1S/C14H18F3N3O/c1-10-6-18-13(20-10)19-7-11-2-4-12(5-3-11)8-21-9-14(15,16)17/h2-5,10H,6-9H2,1H3,(H2,18,19,20). The van der Waals surface area contributed by atoms with Gasteiger partial charge in [0.2, 0.25) is 0 Å². The molecule has 1 aromatic rings. The summed E-state index contributed by atoms with van der Waals surface area (Å²) in [7, 11) is 0. The highest BCUT2D eigenvalue weighted by Crippen LogP contribution is 2.15. The highest BCUT2D eigenvalue weighted by Gasteiger charge is 2.27. The van der Waals surface area contributed by atoms with Gasteiger partial charge in [0, 0.05) is 12.6 Å². The predicted octanol–water partition coefficient (Wildman–Crippen LogP) is 2.20. The number of nitrogens with zero attached hydrogens (tertiary/aromatic N) is 1. The van der Waals surface area contributed by atoms with Crippen LogP contribution in [0.1, 0.15) is 18.1 Å². The summed E-state index contributed by atoms with van der Waals surface area (Å²) in [6.07, 6.45) is -4.28. The zero-order chi connectivity index (χ0) is 15.3. The highest BCUT2D eigenvalue weighted by molar-refractivity contribution is 5.81. The molecule has 0 fully saturated rings. The van der Waals surface area contributed by atoms with E-state index >= 15 is 0 Å². The molecule has 0 spiro atoms. The third-order valence-corrected chi connectivity index (χ3v) is 2.92. The summed E-state index contributed by atoms with van der Waals surface area (Å²) in [4.78, 5) is 4.28. The molecule has 0 aliphatic carbocycles. The first-order valence-corrected chi connectivity index (χ1v) is 6.69. The number of aliphatic imine (C=N–C) groups is 1.